The number of aliphatic carboxylic acids is 1. The molecule has 0 fully saturated rings. The molecule has 3 rings (SSSR count). The first-order valence-corrected chi connectivity index (χ1v) is 16.6. The summed E-state index contributed by atoms with van der Waals surface area (Å²) in [5.41, 5.74) is 2.09. The number of benzene rings is 3. The Labute approximate surface area is 274 Å². The summed E-state index contributed by atoms with van der Waals surface area (Å²) in [6.45, 7) is 6.12. The molecule has 0 aliphatic rings. The fourth-order valence-corrected chi connectivity index (χ4v) is 4.97. The van der Waals surface area contributed by atoms with Crippen LogP contribution in [0.4, 0.5) is 0 Å². The molecule has 0 saturated heterocycles. The summed E-state index contributed by atoms with van der Waals surface area (Å²) in [5.74, 6) is -0.368. The topological polar surface area (TPSA) is 92.7 Å². The summed E-state index contributed by atoms with van der Waals surface area (Å²) in [6.07, 6.45) is 9.79. The molecular formula is C38H50ClNO5. The maximum absolute atomic E-state index is 13.0. The maximum Gasteiger partial charge on any atom is 0.347 e. The largest absolute Gasteiger partial charge is 0.478 e. The monoisotopic (exact) mass is 635 g/mol. The fourth-order valence-electron chi connectivity index (χ4n) is 4.87. The van der Waals surface area contributed by atoms with Gasteiger partial charge in [-0.3, -0.25) is 9.59 Å². The highest BCUT2D eigenvalue weighted by Crippen LogP contribution is 2.23. The van der Waals surface area contributed by atoms with Crippen molar-refractivity contribution < 1.29 is 24.2 Å². The van der Waals surface area contributed by atoms with Crippen molar-refractivity contribution in [2.24, 2.45) is 5.92 Å². The van der Waals surface area contributed by atoms with E-state index in [0.29, 0.717) is 31.6 Å². The highest BCUT2D eigenvalue weighted by molar-refractivity contribution is 6.63. The Morgan fingerprint density at radius 1 is 0.822 bits per heavy atom. The molecule has 2 unspecified atom stereocenters. The van der Waals surface area contributed by atoms with E-state index in [1.54, 1.807) is 19.9 Å². The van der Waals surface area contributed by atoms with Crippen molar-refractivity contribution >= 4 is 28.7 Å². The van der Waals surface area contributed by atoms with Gasteiger partial charge in [0.15, 0.2) is 0 Å². The standard InChI is InChI=1S/C29H41NO4.C9H9ClO/c1-4-6-7-8-12-17-25(21-23-14-10-9-11-15-23)27(31)30-20-19-24-16-13-18-26(22-24)34-29(3,5-2)28(32)33;10-9(11)7-6-8-4-2-1-3-5-8/h9-11,13-16,18,22,25H,4-8,12,17,19-21H2,1-3H3,(H,30,31)(H,32,33);1-5H,6-7H2. The highest BCUT2D eigenvalue weighted by atomic mass is 35.5. The van der Waals surface area contributed by atoms with E-state index in [2.05, 4.69) is 24.4 Å². The van der Waals surface area contributed by atoms with Crippen molar-refractivity contribution in [2.45, 2.75) is 97.0 Å². The lowest BCUT2D eigenvalue weighted by Gasteiger charge is -2.25. The van der Waals surface area contributed by atoms with Gasteiger partial charge in [-0.15, -0.1) is 0 Å². The number of carboxylic acid groups (broad SMARTS) is 1. The molecule has 0 aromatic heterocycles. The molecule has 2 atom stereocenters. The van der Waals surface area contributed by atoms with Gasteiger partial charge in [-0.25, -0.2) is 4.79 Å². The fraction of sp³-hybridized carbons (Fsp3) is 0.447. The molecule has 0 bridgehead atoms. The zero-order chi connectivity index (χ0) is 32.9. The van der Waals surface area contributed by atoms with Gasteiger partial charge in [0.2, 0.25) is 16.8 Å². The Balaban J connectivity index is 0.000000537. The average molecular weight is 636 g/mol. The number of carbonyl (C=O) groups is 3. The molecule has 0 heterocycles. The molecule has 244 valence electrons. The van der Waals surface area contributed by atoms with Crippen molar-refractivity contribution in [3.8, 4) is 5.75 Å². The number of carbonyl (C=O) groups excluding carboxylic acids is 2. The zero-order valence-corrected chi connectivity index (χ0v) is 27.9. The van der Waals surface area contributed by atoms with E-state index >= 15 is 0 Å². The van der Waals surface area contributed by atoms with Crippen LogP contribution in [0.25, 0.3) is 0 Å². The molecule has 0 spiro atoms. The van der Waals surface area contributed by atoms with Gasteiger partial charge in [-0.1, -0.05) is 119 Å². The number of rotatable bonds is 19. The van der Waals surface area contributed by atoms with Crippen LogP contribution in [-0.4, -0.2) is 34.4 Å². The van der Waals surface area contributed by atoms with E-state index < -0.39 is 11.6 Å². The number of ether oxygens (including phenoxy) is 1. The molecular weight excluding hydrogens is 586 g/mol. The molecule has 6 nitrogen and oxygen atoms in total. The molecule has 7 heteroatoms. The number of halogens is 1. The second-order valence-electron chi connectivity index (χ2n) is 11.6. The Hall–Kier alpha value is -3.64. The first kappa shape index (κ1) is 37.5. The molecule has 1 amide bonds. The Morgan fingerprint density at radius 2 is 1.44 bits per heavy atom. The van der Waals surface area contributed by atoms with E-state index in [9.17, 15) is 19.5 Å². The van der Waals surface area contributed by atoms with Crippen LogP contribution in [0.3, 0.4) is 0 Å². The van der Waals surface area contributed by atoms with Crippen LogP contribution in [0.15, 0.2) is 84.9 Å². The number of hydrogen-bond acceptors (Lipinski definition) is 4. The van der Waals surface area contributed by atoms with Crippen LogP contribution in [0.1, 0.15) is 88.8 Å². The lowest BCUT2D eigenvalue weighted by Crippen LogP contribution is -2.40. The van der Waals surface area contributed by atoms with Crippen molar-refractivity contribution in [1.82, 2.24) is 5.32 Å². The Morgan fingerprint density at radius 3 is 2.04 bits per heavy atom. The molecule has 45 heavy (non-hydrogen) atoms. The number of carboxylic acids is 1. The minimum Gasteiger partial charge on any atom is -0.478 e. The summed E-state index contributed by atoms with van der Waals surface area (Å²) in [7, 11) is 0. The number of aryl methyl sites for hydroxylation is 1. The Kier molecular flexibility index (Phi) is 17.7. The second-order valence-corrected chi connectivity index (χ2v) is 12.0. The Bertz CT molecular complexity index is 1280. The smallest absolute Gasteiger partial charge is 0.347 e. The van der Waals surface area contributed by atoms with E-state index in [1.165, 1.54) is 31.2 Å². The second kappa shape index (κ2) is 21.2. The van der Waals surface area contributed by atoms with Gasteiger partial charge in [0.05, 0.1) is 0 Å². The number of unbranched alkanes of at least 4 members (excludes halogenated alkanes) is 4. The van der Waals surface area contributed by atoms with E-state index in [4.69, 9.17) is 16.3 Å². The molecule has 3 aromatic rings. The predicted octanol–water partition coefficient (Wildman–Crippen LogP) is 8.58. The van der Waals surface area contributed by atoms with Crippen LogP contribution in [-0.2, 0) is 33.6 Å². The predicted molar refractivity (Wildman–Crippen MR) is 183 cm³/mol. The van der Waals surface area contributed by atoms with Gasteiger partial charge < -0.3 is 15.2 Å². The highest BCUT2D eigenvalue weighted by Gasteiger charge is 2.33. The molecule has 0 saturated carbocycles. The van der Waals surface area contributed by atoms with E-state index in [-0.39, 0.29) is 17.1 Å². The van der Waals surface area contributed by atoms with Crippen molar-refractivity contribution in [2.75, 3.05) is 6.54 Å². The number of amides is 1. The molecule has 0 aliphatic heterocycles. The van der Waals surface area contributed by atoms with E-state index in [0.717, 1.165) is 36.8 Å². The van der Waals surface area contributed by atoms with E-state index in [1.807, 2.05) is 66.7 Å². The quantitative estimate of drug-likeness (QED) is 0.102. The number of nitrogens with one attached hydrogen (secondary N) is 1. The summed E-state index contributed by atoms with van der Waals surface area (Å²) in [6, 6.07) is 27.5. The molecule has 0 aliphatic carbocycles. The van der Waals surface area contributed by atoms with Crippen LogP contribution in [0.2, 0.25) is 0 Å². The van der Waals surface area contributed by atoms with Crippen molar-refractivity contribution in [1.29, 1.82) is 0 Å². The first-order valence-electron chi connectivity index (χ1n) is 16.2. The lowest BCUT2D eigenvalue weighted by molar-refractivity contribution is -0.154. The summed E-state index contributed by atoms with van der Waals surface area (Å²) in [4.78, 5) is 34.9. The third-order valence-corrected chi connectivity index (χ3v) is 8.08. The summed E-state index contributed by atoms with van der Waals surface area (Å²) < 4.78 is 5.77. The van der Waals surface area contributed by atoms with Gasteiger partial charge in [-0.2, -0.15) is 0 Å². The normalized spacial score (nSPS) is 12.6. The minimum absolute atomic E-state index is 0.0282. The molecule has 3 aromatic carbocycles. The third kappa shape index (κ3) is 15.3. The van der Waals surface area contributed by atoms with Crippen molar-refractivity contribution in [3.63, 3.8) is 0 Å². The summed E-state index contributed by atoms with van der Waals surface area (Å²) in [5, 5.41) is 12.3. The van der Waals surface area contributed by atoms with Crippen LogP contribution >= 0.6 is 11.6 Å². The van der Waals surface area contributed by atoms with Gasteiger partial charge in [0, 0.05) is 18.9 Å². The van der Waals surface area contributed by atoms with Gasteiger partial charge >= 0.3 is 5.97 Å². The SMILES string of the molecule is CCCCCCCC(Cc1ccccc1)C(=O)NCCc1cccc(OC(C)(CC)C(=O)O)c1.O=C(Cl)CCc1ccccc1. The molecule has 0 radical (unpaired) electrons. The van der Waals surface area contributed by atoms with Crippen LogP contribution in [0, 0.1) is 5.92 Å². The van der Waals surface area contributed by atoms with Crippen LogP contribution in [0.5, 0.6) is 5.75 Å². The summed E-state index contributed by atoms with van der Waals surface area (Å²) >= 11 is 5.19. The lowest BCUT2D eigenvalue weighted by atomic mass is 9.92. The van der Waals surface area contributed by atoms with Crippen molar-refractivity contribution in [3.05, 3.63) is 102 Å². The average Bonchev–Trinajstić information content (AvgIpc) is 3.04. The maximum atomic E-state index is 13.0. The third-order valence-electron chi connectivity index (χ3n) is 7.89. The molecule has 2 N–H and O–H groups in total. The first-order chi connectivity index (χ1) is 21.7. The zero-order valence-electron chi connectivity index (χ0n) is 27.1. The van der Waals surface area contributed by atoms with Gasteiger partial charge in [0.1, 0.15) is 5.75 Å². The van der Waals surface area contributed by atoms with Gasteiger partial charge in [0.25, 0.3) is 0 Å². The minimum atomic E-state index is -1.26. The van der Waals surface area contributed by atoms with Gasteiger partial charge in [-0.05, 0) is 79.5 Å². The van der Waals surface area contributed by atoms with Crippen LogP contribution < -0.4 is 10.1 Å². The number of hydrogen-bond donors (Lipinski definition) is 2.